The second-order valence-corrected chi connectivity index (χ2v) is 5.61. The molecule has 0 radical (unpaired) electrons. The molecule has 0 bridgehead atoms. The Labute approximate surface area is 120 Å². The van der Waals surface area contributed by atoms with Crippen LogP contribution >= 0.6 is 0 Å². The van der Waals surface area contributed by atoms with Crippen LogP contribution in [0.2, 0.25) is 0 Å². The number of nitrogens with two attached hydrogens (primary N) is 1. The van der Waals surface area contributed by atoms with E-state index in [4.69, 9.17) is 10.5 Å². The van der Waals surface area contributed by atoms with Crippen molar-refractivity contribution in [2.75, 3.05) is 19.7 Å². The van der Waals surface area contributed by atoms with Crippen molar-refractivity contribution in [3.63, 3.8) is 0 Å². The van der Waals surface area contributed by atoms with E-state index in [1.165, 1.54) is 5.56 Å². The van der Waals surface area contributed by atoms with E-state index in [1.54, 1.807) is 0 Å². The zero-order valence-electron chi connectivity index (χ0n) is 12.4. The molecule has 2 rings (SSSR count). The lowest BCUT2D eigenvalue weighted by Gasteiger charge is -2.30. The summed E-state index contributed by atoms with van der Waals surface area (Å²) in [5, 5.41) is 0. The van der Waals surface area contributed by atoms with Crippen molar-refractivity contribution in [1.82, 2.24) is 4.90 Å². The molecule has 2 N–H and O–H groups in total. The highest BCUT2D eigenvalue weighted by atomic mass is 16.5. The Morgan fingerprint density at radius 1 is 1.45 bits per heavy atom. The lowest BCUT2D eigenvalue weighted by atomic mass is 10.1. The molecule has 4 nitrogen and oxygen atoms in total. The summed E-state index contributed by atoms with van der Waals surface area (Å²) >= 11 is 0. The first-order valence-corrected chi connectivity index (χ1v) is 7.29. The van der Waals surface area contributed by atoms with Crippen molar-refractivity contribution in [1.29, 1.82) is 0 Å². The number of aryl methyl sites for hydroxylation is 2. The van der Waals surface area contributed by atoms with Gasteiger partial charge in [-0.1, -0.05) is 12.1 Å². The molecule has 0 saturated carbocycles. The number of benzene rings is 1. The van der Waals surface area contributed by atoms with Crippen molar-refractivity contribution in [2.45, 2.75) is 39.2 Å². The van der Waals surface area contributed by atoms with E-state index < -0.39 is 0 Å². The van der Waals surface area contributed by atoms with E-state index in [2.05, 4.69) is 6.07 Å². The van der Waals surface area contributed by atoms with Crippen molar-refractivity contribution >= 4 is 5.91 Å². The van der Waals surface area contributed by atoms with Crippen LogP contribution in [0, 0.1) is 13.8 Å². The standard InChI is InChI=1S/C16H24N2O2/c1-12-5-6-13(2)15(10-12)20-9-7-16(19)18-8-3-4-14(17)11-18/h5-6,10,14H,3-4,7-9,11,17H2,1-2H3/t14-/m1/s1. The number of hydrogen-bond acceptors (Lipinski definition) is 3. The third-order valence-electron chi connectivity index (χ3n) is 3.73. The van der Waals surface area contributed by atoms with Gasteiger partial charge in [-0.2, -0.15) is 0 Å². The van der Waals surface area contributed by atoms with Crippen molar-refractivity contribution in [3.8, 4) is 5.75 Å². The minimum atomic E-state index is 0.132. The van der Waals surface area contributed by atoms with Gasteiger partial charge in [0.15, 0.2) is 0 Å². The smallest absolute Gasteiger partial charge is 0.226 e. The van der Waals surface area contributed by atoms with Gasteiger partial charge in [-0.3, -0.25) is 4.79 Å². The SMILES string of the molecule is Cc1ccc(C)c(OCCC(=O)N2CCC[C@@H](N)C2)c1. The van der Waals surface area contributed by atoms with E-state index in [9.17, 15) is 4.79 Å². The molecular formula is C16H24N2O2. The molecule has 1 amide bonds. The zero-order chi connectivity index (χ0) is 14.5. The minimum absolute atomic E-state index is 0.132. The van der Waals surface area contributed by atoms with Crippen LogP contribution in [0.3, 0.4) is 0 Å². The molecule has 110 valence electrons. The fourth-order valence-electron chi connectivity index (χ4n) is 2.51. The number of nitrogens with zero attached hydrogens (tertiary/aromatic N) is 1. The van der Waals surface area contributed by atoms with Gasteiger partial charge >= 0.3 is 0 Å². The maximum absolute atomic E-state index is 12.1. The van der Waals surface area contributed by atoms with Crippen molar-refractivity contribution < 1.29 is 9.53 Å². The lowest BCUT2D eigenvalue weighted by molar-refractivity contribution is -0.132. The summed E-state index contributed by atoms with van der Waals surface area (Å²) in [5.74, 6) is 1.01. The first-order valence-electron chi connectivity index (χ1n) is 7.29. The van der Waals surface area contributed by atoms with Gasteiger partial charge in [-0.05, 0) is 43.9 Å². The summed E-state index contributed by atoms with van der Waals surface area (Å²) in [4.78, 5) is 13.9. The fraction of sp³-hybridized carbons (Fsp3) is 0.562. The molecule has 1 fully saturated rings. The Balaban J connectivity index is 1.80. The van der Waals surface area contributed by atoms with Crippen LogP contribution < -0.4 is 10.5 Å². The molecule has 0 unspecified atom stereocenters. The highest BCUT2D eigenvalue weighted by Crippen LogP contribution is 2.19. The van der Waals surface area contributed by atoms with Crippen LogP contribution in [0.1, 0.15) is 30.4 Å². The molecule has 0 aliphatic carbocycles. The average molecular weight is 276 g/mol. The molecule has 20 heavy (non-hydrogen) atoms. The predicted octanol–water partition coefficient (Wildman–Crippen LogP) is 2.02. The van der Waals surface area contributed by atoms with E-state index in [-0.39, 0.29) is 11.9 Å². The summed E-state index contributed by atoms with van der Waals surface area (Å²) < 4.78 is 5.73. The van der Waals surface area contributed by atoms with Gasteiger partial charge in [0.2, 0.25) is 5.91 Å². The Hall–Kier alpha value is -1.55. The summed E-state index contributed by atoms with van der Waals surface area (Å²) in [6.45, 7) is 5.99. The average Bonchev–Trinajstić information content (AvgIpc) is 2.42. The van der Waals surface area contributed by atoms with E-state index in [0.29, 0.717) is 19.6 Å². The Kier molecular flexibility index (Phi) is 5.01. The number of carbonyl (C=O) groups excluding carboxylic acids is 1. The zero-order valence-corrected chi connectivity index (χ0v) is 12.4. The highest BCUT2D eigenvalue weighted by molar-refractivity contribution is 5.76. The molecule has 1 aliphatic heterocycles. The number of ether oxygens (including phenoxy) is 1. The van der Waals surface area contributed by atoms with Gasteiger partial charge in [-0.25, -0.2) is 0 Å². The monoisotopic (exact) mass is 276 g/mol. The van der Waals surface area contributed by atoms with Crippen molar-refractivity contribution in [2.24, 2.45) is 5.73 Å². The maximum atomic E-state index is 12.1. The number of hydrogen-bond donors (Lipinski definition) is 1. The summed E-state index contributed by atoms with van der Waals surface area (Å²) in [6, 6.07) is 6.24. The number of carbonyl (C=O) groups is 1. The molecule has 1 aliphatic rings. The van der Waals surface area contributed by atoms with Gasteiger partial charge < -0.3 is 15.4 Å². The van der Waals surface area contributed by atoms with Crippen LogP contribution in [-0.2, 0) is 4.79 Å². The van der Waals surface area contributed by atoms with Gasteiger partial charge in [0.25, 0.3) is 0 Å². The Morgan fingerprint density at radius 3 is 3.00 bits per heavy atom. The van der Waals surface area contributed by atoms with Gasteiger partial charge in [0, 0.05) is 19.1 Å². The normalized spacial score (nSPS) is 18.9. The summed E-state index contributed by atoms with van der Waals surface area (Å²) in [5.41, 5.74) is 8.16. The van der Waals surface area contributed by atoms with Gasteiger partial charge in [0.05, 0.1) is 13.0 Å². The van der Waals surface area contributed by atoms with E-state index in [0.717, 1.165) is 30.7 Å². The second kappa shape index (κ2) is 6.75. The first kappa shape index (κ1) is 14.9. The van der Waals surface area contributed by atoms with E-state index in [1.807, 2.05) is 30.9 Å². The Bertz CT molecular complexity index is 474. The molecule has 1 saturated heterocycles. The summed E-state index contributed by atoms with van der Waals surface area (Å²) in [7, 11) is 0. The second-order valence-electron chi connectivity index (χ2n) is 5.61. The third kappa shape index (κ3) is 3.97. The number of rotatable bonds is 4. The molecule has 0 spiro atoms. The minimum Gasteiger partial charge on any atom is -0.493 e. The lowest BCUT2D eigenvalue weighted by Crippen LogP contribution is -2.46. The van der Waals surface area contributed by atoms with Gasteiger partial charge in [-0.15, -0.1) is 0 Å². The number of amides is 1. The van der Waals surface area contributed by atoms with Crippen molar-refractivity contribution in [3.05, 3.63) is 29.3 Å². The Morgan fingerprint density at radius 2 is 2.25 bits per heavy atom. The molecule has 1 aromatic carbocycles. The fourth-order valence-corrected chi connectivity index (χ4v) is 2.51. The summed E-state index contributed by atoms with van der Waals surface area (Å²) in [6.07, 6.45) is 2.44. The van der Waals surface area contributed by atoms with Crippen LogP contribution in [0.4, 0.5) is 0 Å². The maximum Gasteiger partial charge on any atom is 0.226 e. The van der Waals surface area contributed by atoms with Gasteiger partial charge in [0.1, 0.15) is 5.75 Å². The third-order valence-corrected chi connectivity index (χ3v) is 3.73. The van der Waals surface area contributed by atoms with E-state index >= 15 is 0 Å². The topological polar surface area (TPSA) is 55.6 Å². The number of piperidine rings is 1. The van der Waals surface area contributed by atoms with Crippen LogP contribution in [0.25, 0.3) is 0 Å². The first-order chi connectivity index (χ1) is 9.56. The molecule has 4 heteroatoms. The van der Waals surface area contributed by atoms with Crippen LogP contribution in [0.15, 0.2) is 18.2 Å². The number of likely N-dealkylation sites (tertiary alicyclic amines) is 1. The molecule has 0 aromatic heterocycles. The molecule has 1 atom stereocenters. The highest BCUT2D eigenvalue weighted by Gasteiger charge is 2.20. The molecular weight excluding hydrogens is 252 g/mol. The quantitative estimate of drug-likeness (QED) is 0.915. The molecule has 1 aromatic rings. The molecule has 1 heterocycles. The van der Waals surface area contributed by atoms with Crippen LogP contribution in [-0.4, -0.2) is 36.5 Å². The largest absolute Gasteiger partial charge is 0.493 e. The predicted molar refractivity (Wildman–Crippen MR) is 79.8 cm³/mol. The van der Waals surface area contributed by atoms with Crippen LogP contribution in [0.5, 0.6) is 5.75 Å².